The minimum atomic E-state index is -1.12. The zero-order chi connectivity index (χ0) is 25.7. The van der Waals surface area contributed by atoms with Gasteiger partial charge >= 0.3 is 6.03 Å². The number of rotatable bonds is 16. The predicted octanol–water partition coefficient (Wildman–Crippen LogP) is -0.542. The van der Waals surface area contributed by atoms with Gasteiger partial charge in [-0.2, -0.15) is 0 Å². The van der Waals surface area contributed by atoms with E-state index in [2.05, 4.69) is 16.0 Å². The molecular weight excluding hydrogens is 446 g/mol. The van der Waals surface area contributed by atoms with Crippen molar-refractivity contribution in [2.45, 2.75) is 70.9 Å². The number of carbonyl (C=O) groups is 7. The van der Waals surface area contributed by atoms with Gasteiger partial charge in [-0.05, 0) is 39.5 Å². The highest BCUT2D eigenvalue weighted by Crippen LogP contribution is 2.08. The summed E-state index contributed by atoms with van der Waals surface area (Å²) in [6.45, 7) is 3.10. The molecule has 34 heavy (non-hydrogen) atoms. The minimum absolute atomic E-state index is 0.0940. The van der Waals surface area contributed by atoms with Crippen LogP contribution in [-0.2, 0) is 28.8 Å². The van der Waals surface area contributed by atoms with Crippen LogP contribution in [0.25, 0.3) is 0 Å². The summed E-state index contributed by atoms with van der Waals surface area (Å²) < 4.78 is 0. The molecule has 0 aromatic heterocycles. The lowest BCUT2D eigenvalue weighted by Crippen LogP contribution is -2.52. The van der Waals surface area contributed by atoms with Crippen molar-refractivity contribution in [3.63, 3.8) is 0 Å². The quantitative estimate of drug-likeness (QED) is 0.169. The van der Waals surface area contributed by atoms with Gasteiger partial charge in [0.25, 0.3) is 11.8 Å². The van der Waals surface area contributed by atoms with Gasteiger partial charge in [0.2, 0.25) is 11.8 Å². The van der Waals surface area contributed by atoms with Crippen LogP contribution in [0.4, 0.5) is 4.79 Å². The number of unbranched alkanes of at least 4 members (excludes halogenated alkanes) is 2. The standard InChI is InChI=1S/C22H33N5O7/c1-14(28)13-17(21(33)26-16(15(2)29)7-6-11-24-22(23)34)25-18(30)8-4-3-5-12-27-19(31)9-10-20(27)32/h9-10,16-17H,3-8,11-13H2,1-2H3,(H,25,30)(H,26,33)(H3,23,24,34)/t16-,17-/m0/s1. The van der Waals surface area contributed by atoms with E-state index < -0.39 is 29.9 Å². The van der Waals surface area contributed by atoms with Gasteiger partial charge in [0, 0.05) is 38.1 Å². The second-order valence-electron chi connectivity index (χ2n) is 8.10. The Morgan fingerprint density at radius 2 is 1.56 bits per heavy atom. The molecule has 0 saturated carbocycles. The molecule has 1 aliphatic heterocycles. The first kappa shape index (κ1) is 28.5. The maximum Gasteiger partial charge on any atom is 0.312 e. The molecular formula is C22H33N5O7. The molecule has 0 fully saturated rings. The number of nitrogens with zero attached hydrogens (tertiary/aromatic N) is 1. The minimum Gasteiger partial charge on any atom is -0.352 e. The first-order valence-corrected chi connectivity index (χ1v) is 11.2. The van der Waals surface area contributed by atoms with Gasteiger partial charge in [-0.25, -0.2) is 4.79 Å². The number of amides is 6. The zero-order valence-electron chi connectivity index (χ0n) is 19.6. The van der Waals surface area contributed by atoms with Crippen LogP contribution >= 0.6 is 0 Å². The fourth-order valence-electron chi connectivity index (χ4n) is 3.31. The van der Waals surface area contributed by atoms with Crippen LogP contribution < -0.4 is 21.7 Å². The molecule has 6 amide bonds. The van der Waals surface area contributed by atoms with Gasteiger partial charge in [-0.1, -0.05) is 6.42 Å². The fraction of sp³-hybridized carbons (Fsp3) is 0.591. The molecule has 2 atom stereocenters. The largest absolute Gasteiger partial charge is 0.352 e. The van der Waals surface area contributed by atoms with Gasteiger partial charge in [-0.3, -0.25) is 33.7 Å². The number of hydrogen-bond donors (Lipinski definition) is 4. The van der Waals surface area contributed by atoms with Crippen molar-refractivity contribution < 1.29 is 33.6 Å². The highest BCUT2D eigenvalue weighted by molar-refractivity contribution is 6.12. The van der Waals surface area contributed by atoms with Crippen molar-refractivity contribution in [1.29, 1.82) is 0 Å². The normalized spacial score (nSPS) is 14.5. The average Bonchev–Trinajstić information content (AvgIpc) is 3.06. The van der Waals surface area contributed by atoms with Crippen molar-refractivity contribution >= 4 is 41.2 Å². The van der Waals surface area contributed by atoms with Gasteiger partial charge in [-0.15, -0.1) is 0 Å². The predicted molar refractivity (Wildman–Crippen MR) is 121 cm³/mol. The van der Waals surface area contributed by atoms with E-state index >= 15 is 0 Å². The summed E-state index contributed by atoms with van der Waals surface area (Å²) >= 11 is 0. The molecule has 0 bridgehead atoms. The highest BCUT2D eigenvalue weighted by atomic mass is 16.2. The molecule has 0 aromatic carbocycles. The summed E-state index contributed by atoms with van der Waals surface area (Å²) in [5.41, 5.74) is 4.98. The van der Waals surface area contributed by atoms with E-state index in [0.29, 0.717) is 25.7 Å². The Kier molecular flexibility index (Phi) is 12.2. The first-order valence-electron chi connectivity index (χ1n) is 11.2. The van der Waals surface area contributed by atoms with E-state index in [0.717, 1.165) is 4.90 Å². The van der Waals surface area contributed by atoms with Crippen molar-refractivity contribution in [3.8, 4) is 0 Å². The summed E-state index contributed by atoms with van der Waals surface area (Å²) in [7, 11) is 0. The maximum absolute atomic E-state index is 12.7. The molecule has 0 aromatic rings. The van der Waals surface area contributed by atoms with E-state index in [4.69, 9.17) is 5.73 Å². The Morgan fingerprint density at radius 3 is 2.12 bits per heavy atom. The number of hydrogen-bond acceptors (Lipinski definition) is 7. The van der Waals surface area contributed by atoms with Crippen LogP contribution in [0.15, 0.2) is 12.2 Å². The van der Waals surface area contributed by atoms with E-state index in [9.17, 15) is 33.6 Å². The van der Waals surface area contributed by atoms with E-state index in [1.165, 1.54) is 26.0 Å². The van der Waals surface area contributed by atoms with E-state index in [1.807, 2.05) is 0 Å². The van der Waals surface area contributed by atoms with Crippen LogP contribution in [0.5, 0.6) is 0 Å². The summed E-state index contributed by atoms with van der Waals surface area (Å²) in [6.07, 6.45) is 4.52. The Morgan fingerprint density at radius 1 is 0.912 bits per heavy atom. The topological polar surface area (TPSA) is 185 Å². The van der Waals surface area contributed by atoms with Gasteiger partial charge in [0.15, 0.2) is 5.78 Å². The number of nitrogens with one attached hydrogen (secondary N) is 3. The van der Waals surface area contributed by atoms with Crippen LogP contribution in [0.1, 0.15) is 58.8 Å². The molecule has 1 heterocycles. The average molecular weight is 480 g/mol. The number of Topliss-reactive ketones (excluding diaryl/α,β-unsaturated/α-hetero) is 2. The number of primary amides is 1. The Balaban J connectivity index is 2.48. The highest BCUT2D eigenvalue weighted by Gasteiger charge is 2.26. The lowest BCUT2D eigenvalue weighted by Gasteiger charge is -2.22. The number of ketones is 2. The summed E-state index contributed by atoms with van der Waals surface area (Å²) in [5.74, 6) is -2.39. The Labute approximate surface area is 198 Å². The zero-order valence-corrected chi connectivity index (χ0v) is 19.6. The number of urea groups is 1. The van der Waals surface area contributed by atoms with Gasteiger partial charge in [0.1, 0.15) is 11.8 Å². The molecule has 0 radical (unpaired) electrons. The van der Waals surface area contributed by atoms with Gasteiger partial charge in [0.05, 0.1) is 6.04 Å². The molecule has 12 heteroatoms. The molecule has 1 aliphatic rings. The smallest absolute Gasteiger partial charge is 0.312 e. The fourth-order valence-corrected chi connectivity index (χ4v) is 3.31. The van der Waals surface area contributed by atoms with Crippen LogP contribution in [0, 0.1) is 0 Å². The number of carbonyl (C=O) groups excluding carboxylic acids is 7. The number of nitrogens with two attached hydrogens (primary N) is 1. The van der Waals surface area contributed by atoms with Crippen molar-refractivity contribution in [2.24, 2.45) is 5.73 Å². The molecule has 0 aliphatic carbocycles. The van der Waals surface area contributed by atoms with E-state index in [-0.39, 0.29) is 55.7 Å². The van der Waals surface area contributed by atoms with Crippen molar-refractivity contribution in [3.05, 3.63) is 12.2 Å². The summed E-state index contributed by atoms with van der Waals surface area (Å²) in [5, 5.41) is 7.48. The van der Waals surface area contributed by atoms with Crippen molar-refractivity contribution in [1.82, 2.24) is 20.9 Å². The molecule has 0 unspecified atom stereocenters. The maximum atomic E-state index is 12.7. The van der Waals surface area contributed by atoms with Gasteiger partial charge < -0.3 is 21.7 Å². The van der Waals surface area contributed by atoms with E-state index in [1.54, 1.807) is 0 Å². The lowest BCUT2D eigenvalue weighted by molar-refractivity contribution is -0.137. The Bertz CT molecular complexity index is 822. The van der Waals surface area contributed by atoms with Crippen LogP contribution in [-0.4, -0.2) is 71.3 Å². The molecule has 12 nitrogen and oxygen atoms in total. The third-order valence-electron chi connectivity index (χ3n) is 5.11. The monoisotopic (exact) mass is 479 g/mol. The van der Waals surface area contributed by atoms with Crippen molar-refractivity contribution in [2.75, 3.05) is 13.1 Å². The SMILES string of the molecule is CC(=O)C[C@H](NC(=O)CCCCCN1C(=O)C=CC1=O)C(=O)N[C@@H](CCCNC(N)=O)C(C)=O. The number of imide groups is 1. The third-order valence-corrected chi connectivity index (χ3v) is 5.11. The molecule has 5 N–H and O–H groups in total. The second-order valence-corrected chi connectivity index (χ2v) is 8.10. The Hall–Kier alpha value is -3.57. The molecule has 1 rings (SSSR count). The van der Waals surface area contributed by atoms with Crippen LogP contribution in [0.3, 0.4) is 0 Å². The lowest BCUT2D eigenvalue weighted by atomic mass is 10.0. The third kappa shape index (κ3) is 10.8. The summed E-state index contributed by atoms with van der Waals surface area (Å²) in [4.78, 5) is 83.3. The molecule has 0 spiro atoms. The molecule has 188 valence electrons. The second kappa shape index (κ2) is 14.6. The van der Waals surface area contributed by atoms with Crippen LogP contribution in [0.2, 0.25) is 0 Å². The first-order chi connectivity index (χ1) is 16.0. The summed E-state index contributed by atoms with van der Waals surface area (Å²) in [6, 6.07) is -2.65. The molecule has 0 saturated heterocycles.